The van der Waals surface area contributed by atoms with Crippen molar-refractivity contribution in [2.24, 2.45) is 11.7 Å². The molecule has 1 aliphatic heterocycles. The van der Waals surface area contributed by atoms with Gasteiger partial charge in [0.05, 0.1) is 12.6 Å². The minimum Gasteiger partial charge on any atom is -0.489 e. The van der Waals surface area contributed by atoms with Crippen LogP contribution in [-0.2, 0) is 9.53 Å². The molecule has 0 aromatic heterocycles. The molecule has 2 rings (SSSR count). The Bertz CT molecular complexity index is 506. The molecule has 5 nitrogen and oxygen atoms in total. The molecule has 0 bridgehead atoms. The maximum atomic E-state index is 13.2. The first-order valence-corrected chi connectivity index (χ1v) is 8.13. The Labute approximate surface area is 136 Å². The van der Waals surface area contributed by atoms with Gasteiger partial charge in [-0.1, -0.05) is 13.0 Å². The lowest BCUT2D eigenvalue weighted by molar-refractivity contribution is -0.124. The minimum atomic E-state index is -0.523. The summed E-state index contributed by atoms with van der Waals surface area (Å²) in [6.07, 6.45) is 2.10. The number of nitrogens with one attached hydrogen (secondary N) is 1. The number of nitrogens with two attached hydrogens (primary N) is 1. The maximum absolute atomic E-state index is 13.2. The molecule has 3 N–H and O–H groups in total. The topological polar surface area (TPSA) is 73.6 Å². The van der Waals surface area contributed by atoms with Gasteiger partial charge in [-0.2, -0.15) is 0 Å². The summed E-state index contributed by atoms with van der Waals surface area (Å²) in [6.45, 7) is 3.62. The molecule has 1 aliphatic rings. The van der Waals surface area contributed by atoms with Crippen molar-refractivity contribution in [1.82, 2.24) is 5.32 Å². The first kappa shape index (κ1) is 17.7. The molecule has 0 radical (unpaired) electrons. The van der Waals surface area contributed by atoms with Crippen LogP contribution in [0.3, 0.4) is 0 Å². The third-order valence-electron chi connectivity index (χ3n) is 4.13. The van der Waals surface area contributed by atoms with Crippen LogP contribution in [0.1, 0.15) is 26.2 Å². The Morgan fingerprint density at radius 2 is 2.22 bits per heavy atom. The number of hydrogen-bond donors (Lipinski definition) is 2. The molecule has 128 valence electrons. The first-order chi connectivity index (χ1) is 11.1. The van der Waals surface area contributed by atoms with Crippen molar-refractivity contribution in [2.45, 2.75) is 38.3 Å². The number of amides is 1. The zero-order valence-corrected chi connectivity index (χ0v) is 13.5. The fourth-order valence-electron chi connectivity index (χ4n) is 2.62. The number of ether oxygens (including phenoxy) is 2. The van der Waals surface area contributed by atoms with E-state index < -0.39 is 6.04 Å². The van der Waals surface area contributed by atoms with E-state index in [4.69, 9.17) is 15.2 Å². The molecule has 1 saturated heterocycles. The molecule has 2 atom stereocenters. The van der Waals surface area contributed by atoms with E-state index in [2.05, 4.69) is 5.32 Å². The monoisotopic (exact) mass is 324 g/mol. The van der Waals surface area contributed by atoms with Crippen molar-refractivity contribution in [3.05, 3.63) is 30.1 Å². The van der Waals surface area contributed by atoms with Gasteiger partial charge in [0.1, 0.15) is 17.7 Å². The zero-order chi connectivity index (χ0) is 16.7. The molecule has 1 heterocycles. The summed E-state index contributed by atoms with van der Waals surface area (Å²) in [5, 5.41) is 2.84. The van der Waals surface area contributed by atoms with Gasteiger partial charge in [-0.25, -0.2) is 4.39 Å². The number of carbonyl (C=O) groups is 1. The SMILES string of the molecule is CCC(CNC(=O)C(N)C1CCOCC1)Oc1cccc(F)c1. The predicted octanol–water partition coefficient (Wildman–Crippen LogP) is 1.85. The Kier molecular flexibility index (Phi) is 6.80. The highest BCUT2D eigenvalue weighted by atomic mass is 19.1. The quantitative estimate of drug-likeness (QED) is 0.803. The standard InChI is InChI=1S/C17H25FN2O3/c1-2-14(23-15-5-3-4-13(18)10-15)11-20-17(21)16(19)12-6-8-22-9-7-12/h3-5,10,12,14,16H,2,6-9,11,19H2,1H3,(H,20,21). The summed E-state index contributed by atoms with van der Waals surface area (Å²) in [4.78, 5) is 12.2. The van der Waals surface area contributed by atoms with Gasteiger partial charge in [0.25, 0.3) is 0 Å². The van der Waals surface area contributed by atoms with Crippen molar-refractivity contribution < 1.29 is 18.7 Å². The number of halogens is 1. The molecule has 0 saturated carbocycles. The van der Waals surface area contributed by atoms with Crippen molar-refractivity contribution in [2.75, 3.05) is 19.8 Å². The summed E-state index contributed by atoms with van der Waals surface area (Å²) >= 11 is 0. The molecule has 1 amide bonds. The largest absolute Gasteiger partial charge is 0.489 e. The van der Waals surface area contributed by atoms with Gasteiger partial charge in [-0.3, -0.25) is 4.79 Å². The second-order valence-electron chi connectivity index (χ2n) is 5.83. The predicted molar refractivity (Wildman–Crippen MR) is 85.6 cm³/mol. The van der Waals surface area contributed by atoms with Gasteiger partial charge in [-0.15, -0.1) is 0 Å². The summed E-state index contributed by atoms with van der Waals surface area (Å²) in [5.74, 6) is 0.105. The molecular formula is C17H25FN2O3. The minimum absolute atomic E-state index is 0.160. The van der Waals surface area contributed by atoms with E-state index in [0.29, 0.717) is 31.9 Å². The molecule has 0 aliphatic carbocycles. The molecule has 23 heavy (non-hydrogen) atoms. The van der Waals surface area contributed by atoms with Crippen molar-refractivity contribution >= 4 is 5.91 Å². The maximum Gasteiger partial charge on any atom is 0.237 e. The highest BCUT2D eigenvalue weighted by Crippen LogP contribution is 2.18. The van der Waals surface area contributed by atoms with Crippen LogP contribution in [0.15, 0.2) is 24.3 Å². The molecule has 1 aromatic carbocycles. The average molecular weight is 324 g/mol. The van der Waals surface area contributed by atoms with E-state index in [1.54, 1.807) is 12.1 Å². The normalized spacial score (nSPS) is 18.2. The second kappa shape index (κ2) is 8.84. The Hall–Kier alpha value is -1.66. The van der Waals surface area contributed by atoms with Gasteiger partial charge in [0.15, 0.2) is 0 Å². The van der Waals surface area contributed by atoms with Gasteiger partial charge in [-0.05, 0) is 37.3 Å². The highest BCUT2D eigenvalue weighted by molar-refractivity contribution is 5.81. The Morgan fingerprint density at radius 3 is 2.87 bits per heavy atom. The van der Waals surface area contributed by atoms with Crippen LogP contribution in [0.5, 0.6) is 5.75 Å². The second-order valence-corrected chi connectivity index (χ2v) is 5.83. The third kappa shape index (κ3) is 5.48. The highest BCUT2D eigenvalue weighted by Gasteiger charge is 2.26. The van der Waals surface area contributed by atoms with Crippen LogP contribution in [0, 0.1) is 11.7 Å². The Morgan fingerprint density at radius 1 is 1.48 bits per heavy atom. The molecule has 0 spiro atoms. The van der Waals surface area contributed by atoms with Gasteiger partial charge in [0.2, 0.25) is 5.91 Å². The Balaban J connectivity index is 1.81. The van der Waals surface area contributed by atoms with Crippen molar-refractivity contribution in [3.8, 4) is 5.75 Å². The van der Waals surface area contributed by atoms with Crippen molar-refractivity contribution in [3.63, 3.8) is 0 Å². The number of benzene rings is 1. The van der Waals surface area contributed by atoms with E-state index >= 15 is 0 Å². The van der Waals surface area contributed by atoms with Crippen LogP contribution in [0.4, 0.5) is 4.39 Å². The van der Waals surface area contributed by atoms with Crippen LogP contribution in [-0.4, -0.2) is 37.8 Å². The molecule has 2 unspecified atom stereocenters. The van der Waals surface area contributed by atoms with E-state index in [9.17, 15) is 9.18 Å². The lowest BCUT2D eigenvalue weighted by Gasteiger charge is -2.27. The first-order valence-electron chi connectivity index (χ1n) is 8.13. The average Bonchev–Trinajstić information content (AvgIpc) is 2.58. The number of rotatable bonds is 7. The lowest BCUT2D eigenvalue weighted by Crippen LogP contribution is -2.49. The molecule has 1 fully saturated rings. The zero-order valence-electron chi connectivity index (χ0n) is 13.5. The fraction of sp³-hybridized carbons (Fsp3) is 0.588. The molecular weight excluding hydrogens is 299 g/mol. The van der Waals surface area contributed by atoms with Crippen molar-refractivity contribution in [1.29, 1.82) is 0 Å². The summed E-state index contributed by atoms with van der Waals surface area (Å²) in [7, 11) is 0. The van der Waals surface area contributed by atoms with E-state index in [1.165, 1.54) is 12.1 Å². The van der Waals surface area contributed by atoms with E-state index in [0.717, 1.165) is 12.8 Å². The molecule has 1 aromatic rings. The van der Waals surface area contributed by atoms with Crippen LogP contribution >= 0.6 is 0 Å². The van der Waals surface area contributed by atoms with Crippen LogP contribution in [0.25, 0.3) is 0 Å². The van der Waals surface area contributed by atoms with Gasteiger partial charge < -0.3 is 20.5 Å². The smallest absolute Gasteiger partial charge is 0.237 e. The summed E-state index contributed by atoms with van der Waals surface area (Å²) in [6, 6.07) is 5.46. The molecule has 6 heteroatoms. The number of hydrogen-bond acceptors (Lipinski definition) is 4. The summed E-state index contributed by atoms with van der Waals surface area (Å²) < 4.78 is 24.2. The van der Waals surface area contributed by atoms with Gasteiger partial charge in [0, 0.05) is 19.3 Å². The van der Waals surface area contributed by atoms with Gasteiger partial charge >= 0.3 is 0 Å². The van der Waals surface area contributed by atoms with E-state index in [1.807, 2.05) is 6.92 Å². The van der Waals surface area contributed by atoms with Crippen LogP contribution < -0.4 is 15.8 Å². The lowest BCUT2D eigenvalue weighted by atomic mass is 9.92. The third-order valence-corrected chi connectivity index (χ3v) is 4.13. The number of carbonyl (C=O) groups excluding carboxylic acids is 1. The van der Waals surface area contributed by atoms with E-state index in [-0.39, 0.29) is 23.7 Å². The summed E-state index contributed by atoms with van der Waals surface area (Å²) in [5.41, 5.74) is 6.03. The fourth-order valence-corrected chi connectivity index (χ4v) is 2.62. The van der Waals surface area contributed by atoms with Crippen LogP contribution in [0.2, 0.25) is 0 Å².